The van der Waals surface area contributed by atoms with Gasteiger partial charge in [0.2, 0.25) is 0 Å². The number of H-pyrrole nitrogens is 1. The average molecular weight is 218 g/mol. The van der Waals surface area contributed by atoms with Crippen LogP contribution >= 0.6 is 0 Å². The van der Waals surface area contributed by atoms with Gasteiger partial charge in [-0.1, -0.05) is 0 Å². The molecule has 1 aliphatic rings. The smallest absolute Gasteiger partial charge is 0.136 e. The van der Waals surface area contributed by atoms with Crippen LogP contribution < -0.4 is 4.74 Å². The number of rotatable bonds is 2. The van der Waals surface area contributed by atoms with Gasteiger partial charge in [0.05, 0.1) is 18.1 Å². The van der Waals surface area contributed by atoms with Crippen molar-refractivity contribution in [3.8, 4) is 5.75 Å². The van der Waals surface area contributed by atoms with Gasteiger partial charge in [-0.25, -0.2) is 4.98 Å². The molecule has 1 aliphatic heterocycles. The van der Waals surface area contributed by atoms with E-state index in [0.29, 0.717) is 0 Å². The number of ether oxygens (including phenoxy) is 2. The molecular weight excluding hydrogens is 204 g/mol. The highest BCUT2D eigenvalue weighted by Crippen LogP contribution is 2.28. The van der Waals surface area contributed by atoms with Crippen molar-refractivity contribution in [2.45, 2.75) is 18.9 Å². The molecule has 4 heteroatoms. The van der Waals surface area contributed by atoms with E-state index in [9.17, 15) is 0 Å². The fraction of sp³-hybridized carbons (Fsp3) is 0.417. The number of hydrogen-bond acceptors (Lipinski definition) is 3. The van der Waals surface area contributed by atoms with E-state index in [1.807, 2.05) is 18.2 Å². The van der Waals surface area contributed by atoms with Crippen LogP contribution in [0, 0.1) is 0 Å². The first-order valence-corrected chi connectivity index (χ1v) is 5.52. The summed E-state index contributed by atoms with van der Waals surface area (Å²) < 4.78 is 10.8. The molecule has 0 amide bonds. The first-order valence-electron chi connectivity index (χ1n) is 5.52. The van der Waals surface area contributed by atoms with Gasteiger partial charge in [-0.15, -0.1) is 0 Å². The minimum atomic E-state index is 0.137. The summed E-state index contributed by atoms with van der Waals surface area (Å²) in [6, 6.07) is 5.84. The average Bonchev–Trinajstić information content (AvgIpc) is 2.96. The molecule has 2 heterocycles. The number of benzene rings is 1. The first kappa shape index (κ1) is 9.66. The minimum absolute atomic E-state index is 0.137. The van der Waals surface area contributed by atoms with Crippen molar-refractivity contribution in [2.24, 2.45) is 0 Å². The molecule has 0 aliphatic carbocycles. The van der Waals surface area contributed by atoms with Crippen molar-refractivity contribution in [3.63, 3.8) is 0 Å². The van der Waals surface area contributed by atoms with Crippen molar-refractivity contribution in [2.75, 3.05) is 13.7 Å². The van der Waals surface area contributed by atoms with E-state index >= 15 is 0 Å². The van der Waals surface area contributed by atoms with Gasteiger partial charge in [0, 0.05) is 12.7 Å². The Hall–Kier alpha value is -1.55. The second kappa shape index (κ2) is 3.79. The molecule has 1 aromatic heterocycles. The third kappa shape index (κ3) is 1.55. The van der Waals surface area contributed by atoms with Gasteiger partial charge in [-0.05, 0) is 25.0 Å². The van der Waals surface area contributed by atoms with Gasteiger partial charge in [-0.3, -0.25) is 0 Å². The molecular formula is C12H14N2O2. The highest BCUT2D eigenvalue weighted by atomic mass is 16.5. The predicted octanol–water partition coefficient (Wildman–Crippen LogP) is 2.42. The number of aromatic nitrogens is 2. The first-order chi connectivity index (χ1) is 7.86. The summed E-state index contributed by atoms with van der Waals surface area (Å²) in [4.78, 5) is 7.83. The Morgan fingerprint density at radius 1 is 1.50 bits per heavy atom. The summed E-state index contributed by atoms with van der Waals surface area (Å²) in [5.41, 5.74) is 1.97. The summed E-state index contributed by atoms with van der Waals surface area (Å²) >= 11 is 0. The van der Waals surface area contributed by atoms with E-state index < -0.39 is 0 Å². The van der Waals surface area contributed by atoms with Gasteiger partial charge in [0.1, 0.15) is 17.7 Å². The molecule has 16 heavy (non-hydrogen) atoms. The molecule has 4 nitrogen and oxygen atoms in total. The van der Waals surface area contributed by atoms with Crippen molar-refractivity contribution in [3.05, 3.63) is 24.0 Å². The van der Waals surface area contributed by atoms with Gasteiger partial charge in [-0.2, -0.15) is 0 Å². The van der Waals surface area contributed by atoms with Crippen molar-refractivity contribution in [1.82, 2.24) is 9.97 Å². The Morgan fingerprint density at radius 2 is 2.44 bits per heavy atom. The standard InChI is InChI=1S/C12H14N2O2/c1-15-8-4-5-9-10(7-8)14-12(13-9)11-3-2-6-16-11/h4-5,7,11H,2-3,6H2,1H3,(H,13,14). The largest absolute Gasteiger partial charge is 0.497 e. The zero-order chi connectivity index (χ0) is 11.0. The van der Waals surface area contributed by atoms with Crippen LogP contribution in [-0.4, -0.2) is 23.7 Å². The van der Waals surface area contributed by atoms with E-state index in [1.165, 1.54) is 0 Å². The Labute approximate surface area is 93.6 Å². The van der Waals surface area contributed by atoms with Crippen molar-refractivity contribution in [1.29, 1.82) is 0 Å². The molecule has 1 saturated heterocycles. The molecule has 0 bridgehead atoms. The number of hydrogen-bond donors (Lipinski definition) is 1. The summed E-state index contributed by atoms with van der Waals surface area (Å²) in [5.74, 6) is 1.77. The van der Waals surface area contributed by atoms with Crippen LogP contribution in [0.15, 0.2) is 18.2 Å². The maximum absolute atomic E-state index is 5.60. The van der Waals surface area contributed by atoms with Crippen LogP contribution in [0.25, 0.3) is 11.0 Å². The summed E-state index contributed by atoms with van der Waals surface area (Å²) in [6.07, 6.45) is 2.31. The van der Waals surface area contributed by atoms with Crippen LogP contribution in [0.1, 0.15) is 24.8 Å². The Kier molecular flexibility index (Phi) is 2.29. The fourth-order valence-electron chi connectivity index (χ4n) is 2.08. The second-order valence-electron chi connectivity index (χ2n) is 4.01. The third-order valence-corrected chi connectivity index (χ3v) is 2.94. The lowest BCUT2D eigenvalue weighted by Crippen LogP contribution is -1.97. The Balaban J connectivity index is 2.01. The van der Waals surface area contributed by atoms with E-state index in [1.54, 1.807) is 7.11 Å². The van der Waals surface area contributed by atoms with E-state index in [2.05, 4.69) is 9.97 Å². The van der Waals surface area contributed by atoms with Gasteiger partial charge < -0.3 is 14.5 Å². The fourth-order valence-corrected chi connectivity index (χ4v) is 2.08. The summed E-state index contributed by atoms with van der Waals surface area (Å²) in [7, 11) is 1.67. The zero-order valence-corrected chi connectivity index (χ0v) is 9.19. The molecule has 0 radical (unpaired) electrons. The number of nitrogens with zero attached hydrogens (tertiary/aromatic N) is 1. The number of imidazole rings is 1. The number of nitrogens with one attached hydrogen (secondary N) is 1. The second-order valence-corrected chi connectivity index (χ2v) is 4.01. The molecule has 1 unspecified atom stereocenters. The number of aromatic amines is 1. The Bertz CT molecular complexity index is 501. The highest BCUT2D eigenvalue weighted by molar-refractivity contribution is 5.76. The quantitative estimate of drug-likeness (QED) is 0.842. The summed E-state index contributed by atoms with van der Waals surface area (Å²) in [5, 5.41) is 0. The van der Waals surface area contributed by atoms with Gasteiger partial charge >= 0.3 is 0 Å². The van der Waals surface area contributed by atoms with Crippen LogP contribution in [0.4, 0.5) is 0 Å². The molecule has 1 N–H and O–H groups in total. The van der Waals surface area contributed by atoms with Crippen molar-refractivity contribution < 1.29 is 9.47 Å². The molecule has 0 saturated carbocycles. The molecule has 1 atom stereocenters. The maximum atomic E-state index is 5.60. The Morgan fingerprint density at radius 3 is 3.19 bits per heavy atom. The topological polar surface area (TPSA) is 47.1 Å². The minimum Gasteiger partial charge on any atom is -0.497 e. The summed E-state index contributed by atoms with van der Waals surface area (Å²) in [6.45, 7) is 0.838. The number of methoxy groups -OCH3 is 1. The predicted molar refractivity (Wildman–Crippen MR) is 60.6 cm³/mol. The maximum Gasteiger partial charge on any atom is 0.136 e. The lowest BCUT2D eigenvalue weighted by atomic mass is 10.2. The molecule has 0 spiro atoms. The molecule has 1 fully saturated rings. The van der Waals surface area contributed by atoms with Crippen LogP contribution in [-0.2, 0) is 4.74 Å². The number of fused-ring (bicyclic) bond motifs is 1. The van der Waals surface area contributed by atoms with Crippen LogP contribution in [0.5, 0.6) is 5.75 Å². The van der Waals surface area contributed by atoms with Crippen molar-refractivity contribution >= 4 is 11.0 Å². The molecule has 2 aromatic rings. The SMILES string of the molecule is COc1ccc2nc(C3CCCO3)[nH]c2c1. The molecule has 1 aromatic carbocycles. The normalized spacial score (nSPS) is 20.4. The van der Waals surface area contributed by atoms with E-state index in [0.717, 1.165) is 42.1 Å². The third-order valence-electron chi connectivity index (χ3n) is 2.94. The zero-order valence-electron chi connectivity index (χ0n) is 9.19. The van der Waals surface area contributed by atoms with Gasteiger partial charge in [0.25, 0.3) is 0 Å². The van der Waals surface area contributed by atoms with Crippen LogP contribution in [0.3, 0.4) is 0 Å². The lowest BCUT2D eigenvalue weighted by Gasteiger charge is -2.03. The van der Waals surface area contributed by atoms with Gasteiger partial charge in [0.15, 0.2) is 0 Å². The monoisotopic (exact) mass is 218 g/mol. The highest BCUT2D eigenvalue weighted by Gasteiger charge is 2.20. The van der Waals surface area contributed by atoms with E-state index in [-0.39, 0.29) is 6.10 Å². The van der Waals surface area contributed by atoms with E-state index in [4.69, 9.17) is 9.47 Å². The van der Waals surface area contributed by atoms with Crippen LogP contribution in [0.2, 0.25) is 0 Å². The molecule has 3 rings (SSSR count). The lowest BCUT2D eigenvalue weighted by molar-refractivity contribution is 0.106. The molecule has 84 valence electrons.